The maximum absolute atomic E-state index is 6.52. The molecule has 252 valence electrons. The Kier molecular flexibility index (Phi) is 6.26. The Morgan fingerprint density at radius 2 is 1.11 bits per heavy atom. The smallest absolute Gasteiger partial charge is 0.235 e. The summed E-state index contributed by atoms with van der Waals surface area (Å²) in [6, 6.07) is 54.4. The highest BCUT2D eigenvalue weighted by Crippen LogP contribution is 2.46. The van der Waals surface area contributed by atoms with Crippen molar-refractivity contribution in [2.24, 2.45) is 0 Å². The van der Waals surface area contributed by atoms with Crippen molar-refractivity contribution in [3.05, 3.63) is 152 Å². The predicted molar refractivity (Wildman–Crippen MR) is 222 cm³/mol. The van der Waals surface area contributed by atoms with Crippen LogP contribution in [0.5, 0.6) is 11.5 Å². The van der Waals surface area contributed by atoms with E-state index in [2.05, 4.69) is 168 Å². The van der Waals surface area contributed by atoms with E-state index in [-0.39, 0.29) is 0 Å². The van der Waals surface area contributed by atoms with E-state index in [4.69, 9.17) is 14.7 Å². The average molecular weight is 699 g/mol. The van der Waals surface area contributed by atoms with Gasteiger partial charge in [-0.15, -0.1) is 0 Å². The van der Waals surface area contributed by atoms with Gasteiger partial charge in [-0.05, 0) is 83.9 Å². The Morgan fingerprint density at radius 3 is 1.81 bits per heavy atom. The number of hydrogen-bond donors (Lipinski definition) is 0. The summed E-state index contributed by atoms with van der Waals surface area (Å²) in [6.45, 7) is 7.09. The molecule has 0 fully saturated rings. The highest BCUT2D eigenvalue weighted by atomic mass is 28.3. The molecule has 0 amide bonds. The number of benzene rings is 7. The van der Waals surface area contributed by atoms with Crippen molar-refractivity contribution in [3.63, 3.8) is 0 Å². The second kappa shape index (κ2) is 11.0. The molecule has 4 heterocycles. The molecule has 3 aromatic heterocycles. The van der Waals surface area contributed by atoms with Crippen molar-refractivity contribution in [1.29, 1.82) is 0 Å². The normalized spacial score (nSPS) is 12.6. The number of nitrogens with zero attached hydrogens (tertiary/aromatic N) is 4. The van der Waals surface area contributed by atoms with E-state index in [0.29, 0.717) is 5.95 Å². The number of para-hydroxylation sites is 3. The molecule has 11 rings (SSSR count). The third kappa shape index (κ3) is 4.49. The third-order valence-electron chi connectivity index (χ3n) is 10.9. The van der Waals surface area contributed by atoms with Crippen LogP contribution < -0.4 is 9.92 Å². The van der Waals surface area contributed by atoms with Gasteiger partial charge in [0.15, 0.2) is 0 Å². The lowest BCUT2D eigenvalue weighted by atomic mass is 10.0. The van der Waals surface area contributed by atoms with Gasteiger partial charge >= 0.3 is 0 Å². The topological polar surface area (TPSA) is 44.9 Å². The largest absolute Gasteiger partial charge is 0.456 e. The zero-order valence-corrected chi connectivity index (χ0v) is 30.6. The Hall–Kier alpha value is -6.50. The van der Waals surface area contributed by atoms with Crippen LogP contribution in [0.15, 0.2) is 152 Å². The second-order valence-electron chi connectivity index (χ2n) is 15.1. The third-order valence-corrected chi connectivity index (χ3v) is 12.9. The van der Waals surface area contributed by atoms with Gasteiger partial charge in [-0.3, -0.25) is 4.57 Å². The van der Waals surface area contributed by atoms with Crippen LogP contribution in [0.1, 0.15) is 0 Å². The van der Waals surface area contributed by atoms with Crippen LogP contribution >= 0.6 is 0 Å². The number of aromatic nitrogens is 4. The highest BCUT2D eigenvalue weighted by Gasteiger charge is 2.27. The van der Waals surface area contributed by atoms with Gasteiger partial charge in [0, 0.05) is 32.8 Å². The van der Waals surface area contributed by atoms with E-state index in [9.17, 15) is 0 Å². The lowest BCUT2D eigenvalue weighted by Crippen LogP contribution is -2.37. The van der Waals surface area contributed by atoms with Crippen LogP contribution in [0.25, 0.3) is 88.5 Å². The number of fused-ring (bicyclic) bond motifs is 8. The molecule has 0 saturated heterocycles. The number of hydrogen-bond acceptors (Lipinski definition) is 3. The van der Waals surface area contributed by atoms with Crippen molar-refractivity contribution in [2.45, 2.75) is 19.6 Å². The fourth-order valence-electron chi connectivity index (χ4n) is 8.28. The van der Waals surface area contributed by atoms with Gasteiger partial charge in [0.05, 0.1) is 46.7 Å². The molecule has 7 aromatic carbocycles. The maximum Gasteiger partial charge on any atom is 0.235 e. The Balaban J connectivity index is 1.10. The predicted octanol–water partition coefficient (Wildman–Crippen LogP) is 11.8. The summed E-state index contributed by atoms with van der Waals surface area (Å²) in [6.07, 6.45) is 0. The minimum Gasteiger partial charge on any atom is -0.456 e. The SMILES string of the molecule is C[Si](C)(C)c1ccc2c(c1)Oc1cccc3nc(-n4c5ccccc5c5cc(-c6ccc7c(c6)c6ccccc6n7-c6ccccc6)ccc54)nc-2c13. The first-order chi connectivity index (χ1) is 25.9. The molecular formula is C47H34N4OSi. The second-order valence-corrected chi connectivity index (χ2v) is 20.2. The number of ether oxygens (including phenoxy) is 1. The monoisotopic (exact) mass is 698 g/mol. The molecule has 0 N–H and O–H groups in total. The molecule has 6 heteroatoms. The van der Waals surface area contributed by atoms with Crippen LogP contribution in [0.4, 0.5) is 0 Å². The molecule has 0 aliphatic carbocycles. The van der Waals surface area contributed by atoms with E-state index >= 15 is 0 Å². The molecule has 5 nitrogen and oxygen atoms in total. The van der Waals surface area contributed by atoms with Crippen LogP contribution in [-0.2, 0) is 0 Å². The molecule has 10 aromatic rings. The zero-order valence-electron chi connectivity index (χ0n) is 29.6. The van der Waals surface area contributed by atoms with Crippen LogP contribution in [-0.4, -0.2) is 27.2 Å². The lowest BCUT2D eigenvalue weighted by molar-refractivity contribution is 0.486. The van der Waals surface area contributed by atoms with Crippen LogP contribution in [0.3, 0.4) is 0 Å². The molecule has 53 heavy (non-hydrogen) atoms. The minimum absolute atomic E-state index is 0.654. The molecule has 0 spiro atoms. The first kappa shape index (κ1) is 30.2. The van der Waals surface area contributed by atoms with E-state index in [1.807, 2.05) is 12.1 Å². The molecule has 0 unspecified atom stereocenters. The van der Waals surface area contributed by atoms with E-state index in [0.717, 1.165) is 50.4 Å². The quantitative estimate of drug-likeness (QED) is 0.172. The molecule has 0 radical (unpaired) electrons. The summed E-state index contributed by atoms with van der Waals surface area (Å²) in [5.41, 5.74) is 10.8. The van der Waals surface area contributed by atoms with Gasteiger partial charge in [-0.2, -0.15) is 0 Å². The first-order valence-corrected chi connectivity index (χ1v) is 21.7. The molecular weight excluding hydrogens is 665 g/mol. The highest BCUT2D eigenvalue weighted by molar-refractivity contribution is 6.88. The van der Waals surface area contributed by atoms with Crippen molar-refractivity contribution in [1.82, 2.24) is 19.1 Å². The fraction of sp³-hybridized carbons (Fsp3) is 0.0638. The van der Waals surface area contributed by atoms with E-state index in [1.54, 1.807) is 0 Å². The summed E-state index contributed by atoms with van der Waals surface area (Å²) in [7, 11) is -1.55. The van der Waals surface area contributed by atoms with Crippen LogP contribution in [0, 0.1) is 0 Å². The standard InChI is InChI=1S/C47H34N4OSi/c1-53(2,3)32-22-23-35-44(28-32)52-43-19-11-16-38-45(43)46(35)49-47(48-38)51-40-18-10-8-15-34(40)37-27-30(21-25-42(37)51)29-20-24-41-36(26-29)33-14-7-9-17-39(33)50(41)31-12-5-4-6-13-31/h4-28H,1-3H3. The summed E-state index contributed by atoms with van der Waals surface area (Å²) in [5, 5.41) is 7.14. The molecule has 1 aliphatic rings. The van der Waals surface area contributed by atoms with Crippen molar-refractivity contribution < 1.29 is 4.74 Å². The summed E-state index contributed by atoms with van der Waals surface area (Å²) < 4.78 is 11.1. The van der Waals surface area contributed by atoms with Gasteiger partial charge < -0.3 is 9.30 Å². The first-order valence-electron chi connectivity index (χ1n) is 18.2. The summed E-state index contributed by atoms with van der Waals surface area (Å²) in [4.78, 5) is 10.6. The van der Waals surface area contributed by atoms with Gasteiger partial charge in [0.2, 0.25) is 5.95 Å². The van der Waals surface area contributed by atoms with Crippen molar-refractivity contribution >= 4 is 67.8 Å². The van der Waals surface area contributed by atoms with Crippen molar-refractivity contribution in [2.75, 3.05) is 0 Å². The fourth-order valence-corrected chi connectivity index (χ4v) is 9.43. The number of rotatable bonds is 4. The average Bonchev–Trinajstić information content (AvgIpc) is 3.70. The van der Waals surface area contributed by atoms with E-state index < -0.39 is 8.07 Å². The Bertz CT molecular complexity index is 3130. The molecule has 0 atom stereocenters. The molecule has 1 aliphatic heterocycles. The van der Waals surface area contributed by atoms with Crippen LogP contribution in [0.2, 0.25) is 19.6 Å². The minimum atomic E-state index is -1.55. The van der Waals surface area contributed by atoms with Crippen molar-refractivity contribution in [3.8, 4) is 45.5 Å². The van der Waals surface area contributed by atoms with Gasteiger partial charge in [-0.1, -0.05) is 104 Å². The van der Waals surface area contributed by atoms with Gasteiger partial charge in [0.25, 0.3) is 0 Å². The van der Waals surface area contributed by atoms with Gasteiger partial charge in [-0.25, -0.2) is 9.97 Å². The molecule has 0 bridgehead atoms. The Morgan fingerprint density at radius 1 is 0.491 bits per heavy atom. The summed E-state index contributed by atoms with van der Waals surface area (Å²) >= 11 is 0. The molecule has 0 saturated carbocycles. The maximum atomic E-state index is 6.52. The lowest BCUT2D eigenvalue weighted by Gasteiger charge is -2.24. The Labute approximate surface area is 307 Å². The van der Waals surface area contributed by atoms with Gasteiger partial charge in [0.1, 0.15) is 11.5 Å². The summed E-state index contributed by atoms with van der Waals surface area (Å²) in [5.74, 6) is 2.33. The van der Waals surface area contributed by atoms with E-state index in [1.165, 1.54) is 48.9 Å². The zero-order chi connectivity index (χ0) is 35.4.